The Bertz CT molecular complexity index is 948. The Labute approximate surface area is 188 Å². The van der Waals surface area contributed by atoms with Crippen molar-refractivity contribution in [1.82, 2.24) is 14.7 Å². The van der Waals surface area contributed by atoms with Crippen molar-refractivity contribution in [3.8, 4) is 11.5 Å². The first-order valence-corrected chi connectivity index (χ1v) is 11.0. The fourth-order valence-electron chi connectivity index (χ4n) is 3.86. The molecule has 1 atom stereocenters. The second-order valence-electron chi connectivity index (χ2n) is 8.05. The summed E-state index contributed by atoms with van der Waals surface area (Å²) >= 11 is 5.87. The van der Waals surface area contributed by atoms with Gasteiger partial charge in [0.1, 0.15) is 30.3 Å². The van der Waals surface area contributed by atoms with Crippen LogP contribution in [0.5, 0.6) is 11.5 Å². The molecule has 1 saturated heterocycles. The maximum Gasteiger partial charge on any atom is 0.119 e. The van der Waals surface area contributed by atoms with Crippen LogP contribution in [-0.2, 0) is 13.1 Å². The van der Waals surface area contributed by atoms with Crippen LogP contribution in [0.15, 0.2) is 67.0 Å². The van der Waals surface area contributed by atoms with E-state index >= 15 is 0 Å². The summed E-state index contributed by atoms with van der Waals surface area (Å²) in [5.41, 5.74) is 0.367. The van der Waals surface area contributed by atoms with E-state index in [4.69, 9.17) is 21.1 Å². The topological polar surface area (TPSA) is 59.8 Å². The molecule has 2 aromatic carbocycles. The summed E-state index contributed by atoms with van der Waals surface area (Å²) in [5, 5.41) is 15.8. The van der Waals surface area contributed by atoms with Crippen LogP contribution >= 0.6 is 11.6 Å². The van der Waals surface area contributed by atoms with Crippen molar-refractivity contribution in [3.63, 3.8) is 0 Å². The highest BCUT2D eigenvalue weighted by Crippen LogP contribution is 2.24. The molecule has 7 heteroatoms. The lowest BCUT2D eigenvalue weighted by Crippen LogP contribution is -2.51. The molecular weight excluding hydrogens is 414 g/mol. The van der Waals surface area contributed by atoms with Crippen molar-refractivity contribution in [2.45, 2.75) is 31.5 Å². The third-order valence-electron chi connectivity index (χ3n) is 5.41. The maximum atomic E-state index is 11.0. The summed E-state index contributed by atoms with van der Waals surface area (Å²) in [7, 11) is 0. The summed E-state index contributed by atoms with van der Waals surface area (Å²) in [6, 6.07) is 17.8. The molecule has 1 N–H and O–H groups in total. The fraction of sp³-hybridized carbons (Fsp3) is 0.375. The number of β-amino-alcohol motifs (C(OH)–C–C–N with tert-alkyl or cyclic N) is 1. The Morgan fingerprint density at radius 1 is 1.03 bits per heavy atom. The van der Waals surface area contributed by atoms with Gasteiger partial charge in [0, 0.05) is 19.3 Å². The normalized spacial score (nSPS) is 19.3. The molecule has 0 unspecified atom stereocenters. The van der Waals surface area contributed by atoms with Gasteiger partial charge in [-0.15, -0.1) is 0 Å². The van der Waals surface area contributed by atoms with Crippen molar-refractivity contribution >= 4 is 11.6 Å². The molecule has 0 saturated carbocycles. The first kappa shape index (κ1) is 21.7. The van der Waals surface area contributed by atoms with E-state index in [2.05, 4.69) is 22.1 Å². The number of rotatable bonds is 9. The van der Waals surface area contributed by atoms with Crippen molar-refractivity contribution < 1.29 is 14.6 Å². The van der Waals surface area contributed by atoms with Crippen LogP contribution in [0.1, 0.15) is 18.4 Å². The smallest absolute Gasteiger partial charge is 0.119 e. The lowest BCUT2D eigenvalue weighted by atomic mass is 9.93. The molecule has 31 heavy (non-hydrogen) atoms. The number of benzene rings is 2. The number of aromatic nitrogens is 2. The molecule has 0 spiro atoms. The Morgan fingerprint density at radius 2 is 1.81 bits per heavy atom. The molecule has 0 bridgehead atoms. The Hall–Kier alpha value is -2.54. The average Bonchev–Trinajstić information content (AvgIpc) is 3.19. The number of piperidine rings is 1. The Morgan fingerprint density at radius 3 is 2.55 bits per heavy atom. The molecule has 1 aliphatic heterocycles. The molecule has 0 amide bonds. The summed E-state index contributed by atoms with van der Waals surface area (Å²) in [5.74, 6) is 1.62. The summed E-state index contributed by atoms with van der Waals surface area (Å²) in [4.78, 5) is 2.29. The highest BCUT2D eigenvalue weighted by molar-refractivity contribution is 6.30. The summed E-state index contributed by atoms with van der Waals surface area (Å²) in [6.45, 7) is 3.84. The molecule has 3 aromatic rings. The van der Waals surface area contributed by atoms with Crippen LogP contribution in [0, 0.1) is 0 Å². The quantitative estimate of drug-likeness (QED) is 0.543. The van der Waals surface area contributed by atoms with E-state index < -0.39 is 5.60 Å². The van der Waals surface area contributed by atoms with E-state index in [1.54, 1.807) is 17.1 Å². The predicted molar refractivity (Wildman–Crippen MR) is 121 cm³/mol. The third kappa shape index (κ3) is 6.47. The Balaban J connectivity index is 1.24. The maximum absolute atomic E-state index is 11.0. The number of para-hydroxylation sites is 1. The van der Waals surface area contributed by atoms with Crippen molar-refractivity contribution in [2.75, 3.05) is 26.3 Å². The van der Waals surface area contributed by atoms with E-state index in [0.29, 0.717) is 31.3 Å². The van der Waals surface area contributed by atoms with Crippen molar-refractivity contribution in [2.24, 2.45) is 0 Å². The van der Waals surface area contributed by atoms with Gasteiger partial charge in [0.05, 0.1) is 17.8 Å². The molecule has 1 aromatic heterocycles. The first-order valence-electron chi connectivity index (χ1n) is 10.6. The van der Waals surface area contributed by atoms with Gasteiger partial charge in [0.2, 0.25) is 0 Å². The molecule has 1 aliphatic rings. The number of nitrogens with zero attached hydrogens (tertiary/aromatic N) is 3. The minimum absolute atomic E-state index is 0.307. The minimum Gasteiger partial charge on any atom is -0.492 e. The average molecular weight is 442 g/mol. The van der Waals surface area contributed by atoms with Gasteiger partial charge < -0.3 is 14.6 Å². The number of halogens is 1. The molecule has 164 valence electrons. The summed E-state index contributed by atoms with van der Waals surface area (Å²) < 4.78 is 13.4. The van der Waals surface area contributed by atoms with Crippen LogP contribution in [0.3, 0.4) is 0 Å². The number of aliphatic hydroxyl groups is 1. The number of hydrogen-bond acceptors (Lipinski definition) is 5. The van der Waals surface area contributed by atoms with Crippen LogP contribution in [0.4, 0.5) is 0 Å². The van der Waals surface area contributed by atoms with E-state index in [1.807, 2.05) is 42.5 Å². The van der Waals surface area contributed by atoms with Gasteiger partial charge in [-0.2, -0.15) is 5.10 Å². The van der Waals surface area contributed by atoms with Crippen LogP contribution in [-0.4, -0.2) is 51.7 Å². The molecule has 0 aliphatic carbocycles. The predicted octanol–water partition coefficient (Wildman–Crippen LogP) is 4.02. The van der Waals surface area contributed by atoms with Gasteiger partial charge in [-0.1, -0.05) is 41.9 Å². The van der Waals surface area contributed by atoms with E-state index in [9.17, 15) is 5.11 Å². The number of ether oxygens (including phenoxy) is 2. The summed E-state index contributed by atoms with van der Waals surface area (Å²) in [6.07, 6.45) is 5.10. The van der Waals surface area contributed by atoms with E-state index in [-0.39, 0.29) is 0 Å². The largest absolute Gasteiger partial charge is 0.492 e. The van der Waals surface area contributed by atoms with Crippen molar-refractivity contribution in [3.05, 3.63) is 77.6 Å². The molecule has 1 fully saturated rings. The van der Waals surface area contributed by atoms with Gasteiger partial charge in [-0.25, -0.2) is 0 Å². The molecule has 2 heterocycles. The third-order valence-corrected chi connectivity index (χ3v) is 5.60. The SMILES string of the molecule is O[C@]1(COc2ccccc2)CCCN(Cc2ccc(OCCn3cc(Cl)cn3)cc2)C1. The standard InChI is InChI=1S/C24H28ClN3O3/c25-21-15-26-28(17-21)13-14-30-23-9-7-20(8-10-23)16-27-12-4-11-24(29,18-27)19-31-22-5-2-1-3-6-22/h1-3,5-10,15,17,29H,4,11-14,16,18-19H2/t24-/m1/s1. The highest BCUT2D eigenvalue weighted by Gasteiger charge is 2.34. The number of hydrogen-bond donors (Lipinski definition) is 1. The first-order chi connectivity index (χ1) is 15.1. The van der Waals surface area contributed by atoms with E-state index in [1.165, 1.54) is 5.56 Å². The second-order valence-corrected chi connectivity index (χ2v) is 8.49. The molecule has 6 nitrogen and oxygen atoms in total. The molecular formula is C24H28ClN3O3. The molecule has 4 rings (SSSR count). The zero-order valence-corrected chi connectivity index (χ0v) is 18.2. The van der Waals surface area contributed by atoms with Gasteiger partial charge in [0.15, 0.2) is 0 Å². The van der Waals surface area contributed by atoms with Gasteiger partial charge in [0.25, 0.3) is 0 Å². The monoisotopic (exact) mass is 441 g/mol. The fourth-order valence-corrected chi connectivity index (χ4v) is 4.02. The lowest BCUT2D eigenvalue weighted by molar-refractivity contribution is -0.0621. The molecule has 0 radical (unpaired) electrons. The highest BCUT2D eigenvalue weighted by atomic mass is 35.5. The zero-order chi connectivity index (χ0) is 21.5. The van der Waals surface area contributed by atoms with Crippen LogP contribution in [0.25, 0.3) is 0 Å². The number of likely N-dealkylation sites (tertiary alicyclic amines) is 1. The Kier molecular flexibility index (Phi) is 7.12. The second kappa shape index (κ2) is 10.2. The zero-order valence-electron chi connectivity index (χ0n) is 17.5. The van der Waals surface area contributed by atoms with E-state index in [0.717, 1.165) is 37.4 Å². The van der Waals surface area contributed by atoms with Crippen molar-refractivity contribution in [1.29, 1.82) is 0 Å². The lowest BCUT2D eigenvalue weighted by Gasteiger charge is -2.39. The van der Waals surface area contributed by atoms with Gasteiger partial charge in [-0.3, -0.25) is 9.58 Å². The minimum atomic E-state index is -0.827. The van der Waals surface area contributed by atoms with Gasteiger partial charge >= 0.3 is 0 Å². The van der Waals surface area contributed by atoms with Crippen LogP contribution in [0.2, 0.25) is 5.02 Å². The van der Waals surface area contributed by atoms with Crippen LogP contribution < -0.4 is 9.47 Å². The van der Waals surface area contributed by atoms with Gasteiger partial charge in [-0.05, 0) is 49.2 Å².